The van der Waals surface area contributed by atoms with Crippen LogP contribution in [0.4, 0.5) is 0 Å². The van der Waals surface area contributed by atoms with E-state index in [1.807, 2.05) is 0 Å². The van der Waals surface area contributed by atoms with Crippen molar-refractivity contribution in [3.63, 3.8) is 0 Å². The maximum Gasteiger partial charge on any atom is 0.245 e. The summed E-state index contributed by atoms with van der Waals surface area (Å²) in [5.74, 6) is 0.930. The molecule has 2 saturated carbocycles. The minimum absolute atomic E-state index is 0.0884. The van der Waals surface area contributed by atoms with Crippen molar-refractivity contribution in [2.75, 3.05) is 5.43 Å². The molecule has 0 spiro atoms. The van der Waals surface area contributed by atoms with Crippen LogP contribution in [0.15, 0.2) is 12.7 Å². The van der Waals surface area contributed by atoms with E-state index >= 15 is 0 Å². The van der Waals surface area contributed by atoms with Gasteiger partial charge in [0.25, 0.3) is 0 Å². The van der Waals surface area contributed by atoms with Gasteiger partial charge in [0.1, 0.15) is 12.7 Å². The number of fused-ring (bicyclic) bond motifs is 2. The van der Waals surface area contributed by atoms with Crippen LogP contribution in [0.1, 0.15) is 32.1 Å². The molecule has 2 aliphatic rings. The first kappa shape index (κ1) is 8.88. The van der Waals surface area contributed by atoms with E-state index < -0.39 is 0 Å². The zero-order valence-electron chi connectivity index (χ0n) is 8.52. The molecule has 2 aliphatic carbocycles. The number of nitrogens with one attached hydrogen (secondary N) is 1. The summed E-state index contributed by atoms with van der Waals surface area (Å²) in [4.78, 5) is 12.1. The third kappa shape index (κ3) is 1.33. The van der Waals surface area contributed by atoms with E-state index in [0.717, 1.165) is 25.2 Å². The molecule has 1 amide bonds. The van der Waals surface area contributed by atoms with Crippen LogP contribution in [-0.2, 0) is 4.79 Å². The number of amides is 1. The SMILES string of the molecule is O=C(Nn1cnnc1)C12CCC(CC1)C2. The average molecular weight is 206 g/mol. The number of carbonyl (C=O) groups excluding carboxylic acids is 1. The zero-order chi connectivity index (χ0) is 10.3. The van der Waals surface area contributed by atoms with E-state index in [0.29, 0.717) is 0 Å². The molecule has 2 fully saturated rings. The first-order valence-corrected chi connectivity index (χ1v) is 5.45. The van der Waals surface area contributed by atoms with Gasteiger partial charge in [-0.1, -0.05) is 0 Å². The number of hydrogen-bond acceptors (Lipinski definition) is 3. The molecular weight excluding hydrogens is 192 g/mol. The molecule has 15 heavy (non-hydrogen) atoms. The summed E-state index contributed by atoms with van der Waals surface area (Å²) >= 11 is 0. The van der Waals surface area contributed by atoms with Crippen molar-refractivity contribution in [3.05, 3.63) is 12.7 Å². The van der Waals surface area contributed by atoms with E-state index in [1.165, 1.54) is 30.2 Å². The van der Waals surface area contributed by atoms with Gasteiger partial charge in [0.2, 0.25) is 5.91 Å². The second-order valence-electron chi connectivity index (χ2n) is 4.74. The van der Waals surface area contributed by atoms with Gasteiger partial charge >= 0.3 is 0 Å². The molecule has 1 heterocycles. The standard InChI is InChI=1S/C10H14N4O/c15-9(13-14-6-11-12-7-14)10-3-1-8(5-10)2-4-10/h6-8H,1-5H2,(H,13,15). The highest BCUT2D eigenvalue weighted by atomic mass is 16.2. The second kappa shape index (κ2) is 3.05. The molecular formula is C10H14N4O. The molecule has 2 bridgehead atoms. The summed E-state index contributed by atoms with van der Waals surface area (Å²) < 4.78 is 1.53. The quantitative estimate of drug-likeness (QED) is 0.783. The van der Waals surface area contributed by atoms with E-state index in [1.54, 1.807) is 0 Å². The lowest BCUT2D eigenvalue weighted by Crippen LogP contribution is -2.36. The maximum absolute atomic E-state index is 12.1. The topological polar surface area (TPSA) is 59.8 Å². The minimum Gasteiger partial charge on any atom is -0.273 e. The fourth-order valence-electron chi connectivity index (χ4n) is 3.01. The summed E-state index contributed by atoms with van der Waals surface area (Å²) in [6.45, 7) is 0. The van der Waals surface area contributed by atoms with E-state index in [2.05, 4.69) is 15.6 Å². The molecule has 0 saturated heterocycles. The van der Waals surface area contributed by atoms with Crippen molar-refractivity contribution in [3.8, 4) is 0 Å². The van der Waals surface area contributed by atoms with Gasteiger partial charge in [-0.05, 0) is 38.0 Å². The van der Waals surface area contributed by atoms with Crippen molar-refractivity contribution < 1.29 is 4.79 Å². The number of aromatic nitrogens is 3. The molecule has 80 valence electrons. The Morgan fingerprint density at radius 2 is 2.00 bits per heavy atom. The molecule has 0 aromatic carbocycles. The van der Waals surface area contributed by atoms with Gasteiger partial charge in [0, 0.05) is 0 Å². The second-order valence-corrected chi connectivity index (χ2v) is 4.74. The van der Waals surface area contributed by atoms with Crippen molar-refractivity contribution in [2.24, 2.45) is 11.3 Å². The van der Waals surface area contributed by atoms with Crippen LogP contribution < -0.4 is 5.43 Å². The smallest absolute Gasteiger partial charge is 0.245 e. The lowest BCUT2D eigenvalue weighted by molar-refractivity contribution is -0.126. The van der Waals surface area contributed by atoms with Gasteiger partial charge in [0.15, 0.2) is 0 Å². The van der Waals surface area contributed by atoms with Crippen molar-refractivity contribution in [1.29, 1.82) is 0 Å². The lowest BCUT2D eigenvalue weighted by atomic mass is 9.83. The molecule has 0 unspecified atom stereocenters. The highest BCUT2D eigenvalue weighted by Gasteiger charge is 2.50. The first-order valence-electron chi connectivity index (χ1n) is 5.45. The van der Waals surface area contributed by atoms with Gasteiger partial charge < -0.3 is 0 Å². The Morgan fingerprint density at radius 3 is 2.53 bits per heavy atom. The summed E-state index contributed by atoms with van der Waals surface area (Å²) in [7, 11) is 0. The highest BCUT2D eigenvalue weighted by molar-refractivity contribution is 5.90. The first-order chi connectivity index (χ1) is 7.28. The largest absolute Gasteiger partial charge is 0.273 e. The van der Waals surface area contributed by atoms with Gasteiger partial charge in [-0.3, -0.25) is 10.2 Å². The van der Waals surface area contributed by atoms with Crippen LogP contribution in [0.25, 0.3) is 0 Å². The summed E-state index contributed by atoms with van der Waals surface area (Å²) in [5, 5.41) is 7.32. The molecule has 0 radical (unpaired) electrons. The highest BCUT2D eigenvalue weighted by Crippen LogP contribution is 2.54. The Kier molecular flexibility index (Phi) is 1.81. The Labute approximate surface area is 87.8 Å². The minimum atomic E-state index is -0.0884. The van der Waals surface area contributed by atoms with Gasteiger partial charge in [-0.15, -0.1) is 10.2 Å². The third-order valence-corrected chi connectivity index (χ3v) is 3.87. The van der Waals surface area contributed by atoms with Crippen LogP contribution in [0.5, 0.6) is 0 Å². The van der Waals surface area contributed by atoms with Crippen molar-refractivity contribution >= 4 is 5.91 Å². The Morgan fingerprint density at radius 1 is 1.33 bits per heavy atom. The summed E-state index contributed by atoms with van der Waals surface area (Å²) in [6, 6.07) is 0. The Balaban J connectivity index is 1.75. The zero-order valence-corrected chi connectivity index (χ0v) is 8.52. The molecule has 1 N–H and O–H groups in total. The van der Waals surface area contributed by atoms with Crippen LogP contribution >= 0.6 is 0 Å². The van der Waals surface area contributed by atoms with Gasteiger partial charge in [-0.2, -0.15) is 0 Å². The number of rotatable bonds is 2. The molecule has 5 nitrogen and oxygen atoms in total. The van der Waals surface area contributed by atoms with Crippen molar-refractivity contribution in [1.82, 2.24) is 14.9 Å². The normalized spacial score (nSPS) is 33.2. The van der Waals surface area contributed by atoms with Crippen LogP contribution in [-0.4, -0.2) is 20.8 Å². The van der Waals surface area contributed by atoms with Gasteiger partial charge in [-0.25, -0.2) is 4.68 Å². The predicted octanol–water partition coefficient (Wildman–Crippen LogP) is 0.928. The molecule has 0 atom stereocenters. The Hall–Kier alpha value is -1.39. The summed E-state index contributed by atoms with van der Waals surface area (Å²) in [5.41, 5.74) is 2.75. The van der Waals surface area contributed by atoms with Crippen LogP contribution in [0.3, 0.4) is 0 Å². The molecule has 0 aliphatic heterocycles. The van der Waals surface area contributed by atoms with Crippen molar-refractivity contribution in [2.45, 2.75) is 32.1 Å². The third-order valence-electron chi connectivity index (χ3n) is 3.87. The lowest BCUT2D eigenvalue weighted by Gasteiger charge is -2.24. The van der Waals surface area contributed by atoms with Gasteiger partial charge in [0.05, 0.1) is 5.41 Å². The average Bonchev–Trinajstić information content (AvgIpc) is 2.93. The molecule has 1 aromatic rings. The Bertz CT molecular complexity index is 365. The monoisotopic (exact) mass is 206 g/mol. The fraction of sp³-hybridized carbons (Fsp3) is 0.700. The summed E-state index contributed by atoms with van der Waals surface area (Å²) in [6.07, 6.45) is 8.62. The number of hydrogen-bond donors (Lipinski definition) is 1. The van der Waals surface area contributed by atoms with E-state index in [-0.39, 0.29) is 11.3 Å². The predicted molar refractivity (Wildman–Crippen MR) is 53.4 cm³/mol. The number of nitrogens with zero attached hydrogens (tertiary/aromatic N) is 3. The van der Waals surface area contributed by atoms with Crippen LogP contribution in [0.2, 0.25) is 0 Å². The molecule has 3 rings (SSSR count). The van der Waals surface area contributed by atoms with Crippen LogP contribution in [0, 0.1) is 11.3 Å². The van der Waals surface area contributed by atoms with E-state index in [4.69, 9.17) is 0 Å². The molecule has 5 heteroatoms. The number of carbonyl (C=O) groups is 1. The molecule has 1 aromatic heterocycles. The fourth-order valence-corrected chi connectivity index (χ4v) is 3.01. The maximum atomic E-state index is 12.1. The van der Waals surface area contributed by atoms with E-state index in [9.17, 15) is 4.79 Å².